The van der Waals surface area contributed by atoms with Crippen LogP contribution in [0.3, 0.4) is 0 Å². The van der Waals surface area contributed by atoms with Crippen molar-refractivity contribution in [1.29, 1.82) is 0 Å². The Morgan fingerprint density at radius 1 is 1.50 bits per heavy atom. The molecular weight excluding hydrogens is 252 g/mol. The second-order valence-corrected chi connectivity index (χ2v) is 5.82. The van der Waals surface area contributed by atoms with Crippen LogP contribution in [0.4, 0.5) is 5.69 Å². The van der Waals surface area contributed by atoms with E-state index in [4.69, 9.17) is 0 Å². The highest BCUT2D eigenvalue weighted by atomic mass is 16.3. The Morgan fingerprint density at radius 3 is 3.00 bits per heavy atom. The van der Waals surface area contributed by atoms with E-state index in [2.05, 4.69) is 19.2 Å². The monoisotopic (exact) mass is 276 g/mol. The van der Waals surface area contributed by atoms with Gasteiger partial charge in [-0.1, -0.05) is 6.07 Å². The van der Waals surface area contributed by atoms with E-state index in [9.17, 15) is 9.90 Å². The number of nitrogens with zero attached hydrogens (tertiary/aromatic N) is 1. The van der Waals surface area contributed by atoms with E-state index in [-0.39, 0.29) is 18.4 Å². The predicted octanol–water partition coefficient (Wildman–Crippen LogP) is 2.35. The number of piperidine rings is 1. The number of aliphatic hydroxyl groups is 1. The predicted molar refractivity (Wildman–Crippen MR) is 80.9 cm³/mol. The number of hydrogen-bond donors (Lipinski definition) is 2. The molecule has 1 fully saturated rings. The van der Waals surface area contributed by atoms with Crippen LogP contribution >= 0.6 is 0 Å². The van der Waals surface area contributed by atoms with Crippen LogP contribution in [0.2, 0.25) is 0 Å². The van der Waals surface area contributed by atoms with Crippen molar-refractivity contribution in [2.24, 2.45) is 5.92 Å². The van der Waals surface area contributed by atoms with Crippen molar-refractivity contribution in [2.45, 2.75) is 32.7 Å². The third-order valence-electron chi connectivity index (χ3n) is 3.63. The summed E-state index contributed by atoms with van der Waals surface area (Å²) >= 11 is 0. The van der Waals surface area contributed by atoms with Gasteiger partial charge < -0.3 is 15.3 Å². The van der Waals surface area contributed by atoms with E-state index in [0.717, 1.165) is 25.1 Å². The third kappa shape index (κ3) is 3.73. The summed E-state index contributed by atoms with van der Waals surface area (Å²) in [6.07, 6.45) is 1.98. The second kappa shape index (κ2) is 6.75. The fourth-order valence-corrected chi connectivity index (χ4v) is 2.66. The molecule has 2 N–H and O–H groups in total. The molecule has 1 atom stereocenters. The number of rotatable bonds is 4. The van der Waals surface area contributed by atoms with Gasteiger partial charge in [0.15, 0.2) is 0 Å². The summed E-state index contributed by atoms with van der Waals surface area (Å²) < 4.78 is 0. The topological polar surface area (TPSA) is 52.6 Å². The Hall–Kier alpha value is -1.55. The molecule has 0 saturated carbocycles. The molecule has 0 aliphatic carbocycles. The molecule has 1 aliphatic rings. The van der Waals surface area contributed by atoms with Gasteiger partial charge in [0, 0.05) is 37.0 Å². The van der Waals surface area contributed by atoms with Gasteiger partial charge in [-0.15, -0.1) is 0 Å². The summed E-state index contributed by atoms with van der Waals surface area (Å²) in [7, 11) is 0. The number of carbonyl (C=O) groups is 1. The van der Waals surface area contributed by atoms with Gasteiger partial charge in [0.2, 0.25) is 0 Å². The number of carbonyl (C=O) groups excluding carboxylic acids is 1. The lowest BCUT2D eigenvalue weighted by atomic mass is 9.98. The van der Waals surface area contributed by atoms with Crippen molar-refractivity contribution in [3.63, 3.8) is 0 Å². The Morgan fingerprint density at radius 2 is 2.30 bits per heavy atom. The molecule has 1 saturated heterocycles. The standard InChI is InChI=1S/C16H24N2O2/c1-12(2)17-15-7-3-6-14(9-15)16(20)18-8-4-5-13(10-18)11-19/h3,6-7,9,12-13,17,19H,4-5,8,10-11H2,1-2H3. The van der Waals surface area contributed by atoms with Crippen molar-refractivity contribution in [1.82, 2.24) is 4.90 Å². The summed E-state index contributed by atoms with van der Waals surface area (Å²) in [4.78, 5) is 14.4. The summed E-state index contributed by atoms with van der Waals surface area (Å²) in [6.45, 7) is 5.77. The SMILES string of the molecule is CC(C)Nc1cccc(C(=O)N2CCCC(CO)C2)c1. The third-order valence-corrected chi connectivity index (χ3v) is 3.63. The Labute approximate surface area is 120 Å². The van der Waals surface area contributed by atoms with Crippen molar-refractivity contribution in [2.75, 3.05) is 25.0 Å². The lowest BCUT2D eigenvalue weighted by molar-refractivity contribution is 0.0621. The first-order valence-electron chi connectivity index (χ1n) is 7.37. The number of anilines is 1. The number of aliphatic hydroxyl groups excluding tert-OH is 1. The van der Waals surface area contributed by atoms with Gasteiger partial charge in [0.05, 0.1) is 0 Å². The molecule has 110 valence electrons. The van der Waals surface area contributed by atoms with Gasteiger partial charge in [-0.2, -0.15) is 0 Å². The van der Waals surface area contributed by atoms with Crippen LogP contribution in [0.15, 0.2) is 24.3 Å². The van der Waals surface area contributed by atoms with Crippen molar-refractivity contribution in [3.8, 4) is 0 Å². The fourth-order valence-electron chi connectivity index (χ4n) is 2.66. The van der Waals surface area contributed by atoms with E-state index >= 15 is 0 Å². The van der Waals surface area contributed by atoms with Crippen LogP contribution in [0.25, 0.3) is 0 Å². The van der Waals surface area contributed by atoms with Gasteiger partial charge in [0.25, 0.3) is 5.91 Å². The minimum Gasteiger partial charge on any atom is -0.396 e. The second-order valence-electron chi connectivity index (χ2n) is 5.82. The van der Waals surface area contributed by atoms with Gasteiger partial charge in [-0.25, -0.2) is 0 Å². The minimum atomic E-state index is 0.0653. The smallest absolute Gasteiger partial charge is 0.253 e. The van der Waals surface area contributed by atoms with E-state index in [1.165, 1.54) is 0 Å². The maximum Gasteiger partial charge on any atom is 0.253 e. The highest BCUT2D eigenvalue weighted by molar-refractivity contribution is 5.95. The highest BCUT2D eigenvalue weighted by Crippen LogP contribution is 2.19. The molecule has 1 aromatic rings. The van der Waals surface area contributed by atoms with Gasteiger partial charge >= 0.3 is 0 Å². The van der Waals surface area contributed by atoms with Gasteiger partial charge in [-0.3, -0.25) is 4.79 Å². The molecule has 0 spiro atoms. The number of amides is 1. The normalized spacial score (nSPS) is 19.2. The Bertz CT molecular complexity index is 460. The first-order chi connectivity index (χ1) is 9.60. The number of likely N-dealkylation sites (tertiary alicyclic amines) is 1. The molecule has 1 amide bonds. The molecule has 1 heterocycles. The van der Waals surface area contributed by atoms with Crippen LogP contribution in [-0.2, 0) is 0 Å². The fraction of sp³-hybridized carbons (Fsp3) is 0.562. The summed E-state index contributed by atoms with van der Waals surface area (Å²) in [5, 5.41) is 12.6. The average Bonchev–Trinajstić information content (AvgIpc) is 2.46. The summed E-state index contributed by atoms with van der Waals surface area (Å²) in [5.41, 5.74) is 1.69. The van der Waals surface area contributed by atoms with E-state index in [1.807, 2.05) is 29.2 Å². The van der Waals surface area contributed by atoms with Gasteiger partial charge in [0.1, 0.15) is 0 Å². The minimum absolute atomic E-state index is 0.0653. The van der Waals surface area contributed by atoms with E-state index < -0.39 is 0 Å². The summed E-state index contributed by atoms with van der Waals surface area (Å²) in [5.74, 6) is 0.292. The first-order valence-corrected chi connectivity index (χ1v) is 7.37. The van der Waals surface area contributed by atoms with Crippen molar-refractivity contribution >= 4 is 11.6 Å². The molecule has 0 radical (unpaired) electrons. The van der Waals surface area contributed by atoms with Crippen LogP contribution in [0.5, 0.6) is 0 Å². The zero-order valence-corrected chi connectivity index (χ0v) is 12.3. The number of benzene rings is 1. The van der Waals surface area contributed by atoms with E-state index in [0.29, 0.717) is 18.2 Å². The molecule has 0 aromatic heterocycles. The largest absolute Gasteiger partial charge is 0.396 e. The van der Waals surface area contributed by atoms with Crippen LogP contribution in [0.1, 0.15) is 37.0 Å². The number of hydrogen-bond acceptors (Lipinski definition) is 3. The lowest BCUT2D eigenvalue weighted by Gasteiger charge is -2.32. The molecule has 1 aromatic carbocycles. The molecule has 1 aliphatic heterocycles. The van der Waals surface area contributed by atoms with Crippen LogP contribution < -0.4 is 5.32 Å². The summed E-state index contributed by atoms with van der Waals surface area (Å²) in [6, 6.07) is 7.99. The molecule has 2 rings (SSSR count). The van der Waals surface area contributed by atoms with E-state index in [1.54, 1.807) is 0 Å². The van der Waals surface area contributed by atoms with Gasteiger partial charge in [-0.05, 0) is 50.8 Å². The molecule has 1 unspecified atom stereocenters. The van der Waals surface area contributed by atoms with Crippen molar-refractivity contribution < 1.29 is 9.90 Å². The molecule has 0 bridgehead atoms. The van der Waals surface area contributed by atoms with Crippen LogP contribution in [-0.4, -0.2) is 41.7 Å². The zero-order chi connectivity index (χ0) is 14.5. The van der Waals surface area contributed by atoms with Crippen molar-refractivity contribution in [3.05, 3.63) is 29.8 Å². The molecule has 4 nitrogen and oxygen atoms in total. The first kappa shape index (κ1) is 14.9. The maximum atomic E-state index is 12.5. The Balaban J connectivity index is 2.08. The lowest BCUT2D eigenvalue weighted by Crippen LogP contribution is -2.40. The average molecular weight is 276 g/mol. The molecular formula is C16H24N2O2. The number of nitrogens with one attached hydrogen (secondary N) is 1. The molecule has 20 heavy (non-hydrogen) atoms. The maximum absolute atomic E-state index is 12.5. The Kier molecular flexibility index (Phi) is 5.01. The highest BCUT2D eigenvalue weighted by Gasteiger charge is 2.24. The van der Waals surface area contributed by atoms with Crippen LogP contribution in [0, 0.1) is 5.92 Å². The molecule has 4 heteroatoms. The quantitative estimate of drug-likeness (QED) is 0.887. The zero-order valence-electron chi connectivity index (χ0n) is 12.3.